The van der Waals surface area contributed by atoms with Crippen LogP contribution in [0, 0.1) is 10.5 Å². The molecule has 0 aliphatic carbocycles. The Morgan fingerprint density at radius 2 is 1.70 bits per heavy atom. The second-order valence-electron chi connectivity index (χ2n) is 7.09. The lowest BCUT2D eigenvalue weighted by molar-refractivity contribution is 0.0703. The van der Waals surface area contributed by atoms with Crippen LogP contribution in [0.1, 0.15) is 36.8 Å². The minimum absolute atomic E-state index is 0.320. The van der Waals surface area contributed by atoms with E-state index in [0.717, 1.165) is 19.1 Å². The number of aryl methyl sites for hydroxylation is 1. The van der Waals surface area contributed by atoms with E-state index < -0.39 is 0 Å². The topological polar surface area (TPSA) is 44.1 Å². The van der Waals surface area contributed by atoms with Gasteiger partial charge in [-0.05, 0) is 74.6 Å². The lowest BCUT2D eigenvalue weighted by Gasteiger charge is -2.22. The molecule has 0 aliphatic heterocycles. The minimum atomic E-state index is -0.375. The SMILES string of the molecule is Cc1nn(C(C)(C)C)c(OC(=O)c2ccccc2I)c1Sc1ccccc1. The van der Waals surface area contributed by atoms with Crippen molar-refractivity contribution in [3.05, 3.63) is 69.4 Å². The van der Waals surface area contributed by atoms with Crippen molar-refractivity contribution in [2.45, 2.75) is 43.0 Å². The van der Waals surface area contributed by atoms with E-state index in [1.54, 1.807) is 22.5 Å². The number of halogens is 1. The van der Waals surface area contributed by atoms with Crippen LogP contribution in [0.25, 0.3) is 0 Å². The Hall–Kier alpha value is -1.80. The van der Waals surface area contributed by atoms with Crippen LogP contribution >= 0.6 is 34.4 Å². The third-order valence-electron chi connectivity index (χ3n) is 3.85. The lowest BCUT2D eigenvalue weighted by Crippen LogP contribution is -2.25. The average Bonchev–Trinajstić information content (AvgIpc) is 2.92. The second-order valence-corrected chi connectivity index (χ2v) is 9.33. The molecule has 3 aromatic rings. The fraction of sp³-hybridized carbons (Fsp3) is 0.238. The van der Waals surface area contributed by atoms with Crippen molar-refractivity contribution in [2.75, 3.05) is 0 Å². The first-order chi connectivity index (χ1) is 12.8. The zero-order chi connectivity index (χ0) is 19.6. The highest BCUT2D eigenvalue weighted by molar-refractivity contribution is 14.1. The van der Waals surface area contributed by atoms with Gasteiger partial charge in [0.25, 0.3) is 0 Å². The fourth-order valence-electron chi connectivity index (χ4n) is 2.53. The number of nitrogens with zero attached hydrogens (tertiary/aromatic N) is 2. The van der Waals surface area contributed by atoms with E-state index in [2.05, 4.69) is 27.7 Å². The van der Waals surface area contributed by atoms with Crippen LogP contribution in [0.3, 0.4) is 0 Å². The summed E-state index contributed by atoms with van der Waals surface area (Å²) >= 11 is 3.70. The van der Waals surface area contributed by atoms with Gasteiger partial charge in [-0.1, -0.05) is 42.1 Å². The summed E-state index contributed by atoms with van der Waals surface area (Å²) in [6, 6.07) is 17.4. The van der Waals surface area contributed by atoms with Gasteiger partial charge in [0.05, 0.1) is 21.7 Å². The van der Waals surface area contributed by atoms with E-state index in [4.69, 9.17) is 4.74 Å². The van der Waals surface area contributed by atoms with Gasteiger partial charge in [-0.25, -0.2) is 9.48 Å². The Morgan fingerprint density at radius 1 is 1.07 bits per heavy atom. The number of ether oxygens (including phenoxy) is 1. The van der Waals surface area contributed by atoms with Gasteiger partial charge in [0.2, 0.25) is 5.88 Å². The van der Waals surface area contributed by atoms with E-state index in [1.807, 2.05) is 76.2 Å². The van der Waals surface area contributed by atoms with Gasteiger partial charge in [0, 0.05) is 8.47 Å². The number of carbonyl (C=O) groups is 1. The Labute approximate surface area is 177 Å². The normalized spacial score (nSPS) is 11.4. The summed E-state index contributed by atoms with van der Waals surface area (Å²) in [5.74, 6) is 0.110. The summed E-state index contributed by atoms with van der Waals surface area (Å²) in [7, 11) is 0. The minimum Gasteiger partial charge on any atom is -0.403 e. The maximum atomic E-state index is 12.9. The van der Waals surface area contributed by atoms with E-state index in [1.165, 1.54) is 0 Å². The molecule has 0 N–H and O–H groups in total. The molecule has 0 saturated carbocycles. The van der Waals surface area contributed by atoms with Crippen LogP contribution in [0.4, 0.5) is 0 Å². The van der Waals surface area contributed by atoms with Crippen LogP contribution in [-0.2, 0) is 5.54 Å². The summed E-state index contributed by atoms with van der Waals surface area (Å²) in [4.78, 5) is 14.8. The molecule has 0 aliphatic rings. The Balaban J connectivity index is 2.03. The van der Waals surface area contributed by atoms with Crippen LogP contribution in [-0.4, -0.2) is 15.7 Å². The smallest absolute Gasteiger partial charge is 0.345 e. The summed E-state index contributed by atoms with van der Waals surface area (Å²) in [5.41, 5.74) is 1.07. The number of hydrogen-bond acceptors (Lipinski definition) is 4. The van der Waals surface area contributed by atoms with Gasteiger partial charge < -0.3 is 4.74 Å². The second kappa shape index (κ2) is 8.06. The van der Waals surface area contributed by atoms with Crippen molar-refractivity contribution >= 4 is 40.3 Å². The quantitative estimate of drug-likeness (QED) is 0.335. The summed E-state index contributed by atoms with van der Waals surface area (Å²) < 4.78 is 8.55. The average molecular weight is 492 g/mol. The Kier molecular flexibility index (Phi) is 5.95. The monoisotopic (exact) mass is 492 g/mol. The maximum absolute atomic E-state index is 12.9. The van der Waals surface area contributed by atoms with Crippen molar-refractivity contribution in [3.63, 3.8) is 0 Å². The number of carbonyl (C=O) groups excluding carboxylic acids is 1. The van der Waals surface area contributed by atoms with Crippen molar-refractivity contribution in [2.24, 2.45) is 0 Å². The molecular weight excluding hydrogens is 471 g/mol. The van der Waals surface area contributed by atoms with Gasteiger partial charge in [-0.3, -0.25) is 0 Å². The summed E-state index contributed by atoms with van der Waals surface area (Å²) in [6.07, 6.45) is 0. The van der Waals surface area contributed by atoms with Gasteiger partial charge in [-0.2, -0.15) is 5.10 Å². The molecule has 0 radical (unpaired) electrons. The summed E-state index contributed by atoms with van der Waals surface area (Å²) in [5, 5.41) is 4.66. The largest absolute Gasteiger partial charge is 0.403 e. The maximum Gasteiger partial charge on any atom is 0.345 e. The molecule has 27 heavy (non-hydrogen) atoms. The highest BCUT2D eigenvalue weighted by Crippen LogP contribution is 2.40. The highest BCUT2D eigenvalue weighted by atomic mass is 127. The predicted octanol–water partition coefficient (Wildman–Crippen LogP) is 5.92. The van der Waals surface area contributed by atoms with Crippen molar-refractivity contribution in [1.82, 2.24) is 9.78 Å². The molecule has 6 heteroatoms. The zero-order valence-corrected chi connectivity index (χ0v) is 18.7. The molecule has 0 unspecified atom stereocenters. The van der Waals surface area contributed by atoms with E-state index in [-0.39, 0.29) is 11.5 Å². The molecule has 2 aromatic carbocycles. The first-order valence-corrected chi connectivity index (χ1v) is 10.5. The van der Waals surface area contributed by atoms with Gasteiger partial charge in [0.15, 0.2) is 0 Å². The van der Waals surface area contributed by atoms with Crippen molar-refractivity contribution in [3.8, 4) is 5.88 Å². The van der Waals surface area contributed by atoms with Crippen LogP contribution in [0.2, 0.25) is 0 Å². The molecular formula is C21H21IN2O2S. The molecule has 0 saturated heterocycles. The highest BCUT2D eigenvalue weighted by Gasteiger charge is 2.28. The lowest BCUT2D eigenvalue weighted by atomic mass is 10.1. The first-order valence-electron chi connectivity index (χ1n) is 8.57. The molecule has 0 bridgehead atoms. The van der Waals surface area contributed by atoms with Crippen LogP contribution in [0.15, 0.2) is 64.4 Å². The van der Waals surface area contributed by atoms with Gasteiger partial charge >= 0.3 is 5.97 Å². The number of esters is 1. The number of benzene rings is 2. The molecule has 1 aromatic heterocycles. The van der Waals surface area contributed by atoms with Crippen LogP contribution in [0.5, 0.6) is 5.88 Å². The standard InChI is InChI=1S/C21H21IN2O2S/c1-14-18(27-15-10-6-5-7-11-15)19(24(23-14)21(2,3)4)26-20(25)16-12-8-9-13-17(16)22/h5-13H,1-4H3. The molecule has 0 amide bonds. The fourth-order valence-corrected chi connectivity index (χ4v) is 4.07. The number of hydrogen-bond donors (Lipinski definition) is 0. The Morgan fingerprint density at radius 3 is 2.33 bits per heavy atom. The molecule has 0 spiro atoms. The van der Waals surface area contributed by atoms with E-state index in [0.29, 0.717) is 11.4 Å². The Bertz CT molecular complexity index is 962. The molecule has 0 atom stereocenters. The van der Waals surface area contributed by atoms with Crippen LogP contribution < -0.4 is 4.74 Å². The van der Waals surface area contributed by atoms with Crippen molar-refractivity contribution in [1.29, 1.82) is 0 Å². The van der Waals surface area contributed by atoms with Gasteiger partial charge in [0.1, 0.15) is 0 Å². The van der Waals surface area contributed by atoms with Gasteiger partial charge in [-0.15, -0.1) is 0 Å². The zero-order valence-electron chi connectivity index (χ0n) is 15.7. The third kappa shape index (κ3) is 4.55. The van der Waals surface area contributed by atoms with E-state index in [9.17, 15) is 4.79 Å². The number of aromatic nitrogens is 2. The summed E-state index contributed by atoms with van der Waals surface area (Å²) in [6.45, 7) is 8.07. The molecule has 140 valence electrons. The predicted molar refractivity (Wildman–Crippen MR) is 117 cm³/mol. The molecule has 1 heterocycles. The molecule has 0 fully saturated rings. The molecule has 4 nitrogen and oxygen atoms in total. The third-order valence-corrected chi connectivity index (χ3v) is 5.97. The first kappa shape index (κ1) is 19.9. The van der Waals surface area contributed by atoms with Crippen molar-refractivity contribution < 1.29 is 9.53 Å². The molecule has 3 rings (SSSR count). The number of rotatable bonds is 4. The van der Waals surface area contributed by atoms with E-state index >= 15 is 0 Å².